The fourth-order valence-electron chi connectivity index (χ4n) is 2.00. The lowest BCUT2D eigenvalue weighted by molar-refractivity contribution is -0.123. The van der Waals surface area contributed by atoms with E-state index in [4.69, 9.17) is 21.1 Å². The van der Waals surface area contributed by atoms with Crippen LogP contribution in [0.2, 0.25) is 5.02 Å². The van der Waals surface area contributed by atoms with Crippen molar-refractivity contribution in [3.63, 3.8) is 0 Å². The van der Waals surface area contributed by atoms with Gasteiger partial charge in [0.1, 0.15) is 11.5 Å². The van der Waals surface area contributed by atoms with Gasteiger partial charge in [0.15, 0.2) is 6.61 Å². The molecule has 132 valence electrons. The van der Waals surface area contributed by atoms with Gasteiger partial charge < -0.3 is 9.47 Å². The first kappa shape index (κ1) is 18.8. The van der Waals surface area contributed by atoms with Gasteiger partial charge in [0.25, 0.3) is 5.91 Å². The van der Waals surface area contributed by atoms with Crippen LogP contribution in [0.5, 0.6) is 11.5 Å². The van der Waals surface area contributed by atoms with E-state index in [1.165, 1.54) is 0 Å². The van der Waals surface area contributed by atoms with E-state index in [1.54, 1.807) is 24.4 Å². The number of nitrogens with zero attached hydrogens (tertiary/aromatic N) is 1. The number of carbonyl (C=O) groups excluding carboxylic acids is 1. The van der Waals surface area contributed by atoms with Gasteiger partial charge in [-0.15, -0.1) is 0 Å². The summed E-state index contributed by atoms with van der Waals surface area (Å²) in [5, 5.41) is 4.55. The lowest BCUT2D eigenvalue weighted by Gasteiger charge is -2.08. The van der Waals surface area contributed by atoms with Crippen LogP contribution in [-0.2, 0) is 4.79 Å². The fourth-order valence-corrected chi connectivity index (χ4v) is 2.23. The molecule has 0 aromatic heterocycles. The molecule has 0 unspecified atom stereocenters. The topological polar surface area (TPSA) is 59.9 Å². The first-order valence-corrected chi connectivity index (χ1v) is 8.40. The van der Waals surface area contributed by atoms with Crippen molar-refractivity contribution in [1.82, 2.24) is 5.43 Å². The van der Waals surface area contributed by atoms with Gasteiger partial charge in [-0.1, -0.05) is 18.5 Å². The van der Waals surface area contributed by atoms with Gasteiger partial charge in [-0.25, -0.2) is 5.43 Å². The second kappa shape index (κ2) is 9.69. The number of hydrogen-bond acceptors (Lipinski definition) is 4. The zero-order chi connectivity index (χ0) is 18.1. The molecule has 0 atom stereocenters. The third-order valence-corrected chi connectivity index (χ3v) is 3.49. The third kappa shape index (κ3) is 6.47. The predicted octanol–water partition coefficient (Wildman–Crippen LogP) is 3.97. The second-order valence-corrected chi connectivity index (χ2v) is 5.85. The van der Waals surface area contributed by atoms with Crippen LogP contribution < -0.4 is 14.9 Å². The van der Waals surface area contributed by atoms with Gasteiger partial charge in [0.05, 0.1) is 12.8 Å². The summed E-state index contributed by atoms with van der Waals surface area (Å²) in [5.41, 5.74) is 4.16. The van der Waals surface area contributed by atoms with Crippen LogP contribution in [0.3, 0.4) is 0 Å². The van der Waals surface area contributed by atoms with Crippen LogP contribution in [0.25, 0.3) is 0 Å². The molecular formula is C19H21ClN2O3. The highest BCUT2D eigenvalue weighted by molar-refractivity contribution is 6.30. The number of halogens is 1. The molecule has 0 saturated carbocycles. The lowest BCUT2D eigenvalue weighted by Crippen LogP contribution is -2.24. The van der Waals surface area contributed by atoms with Crippen LogP contribution in [0.15, 0.2) is 47.6 Å². The fraction of sp³-hybridized carbons (Fsp3) is 0.263. The molecule has 0 saturated heterocycles. The summed E-state index contributed by atoms with van der Waals surface area (Å²) >= 11 is 5.88. The number of amides is 1. The first-order chi connectivity index (χ1) is 12.1. The molecule has 5 nitrogen and oxygen atoms in total. The van der Waals surface area contributed by atoms with Crippen molar-refractivity contribution >= 4 is 23.7 Å². The highest BCUT2D eigenvalue weighted by Gasteiger charge is 2.04. The molecule has 2 aromatic rings. The highest BCUT2D eigenvalue weighted by Crippen LogP contribution is 2.21. The normalized spacial score (nSPS) is 10.7. The number of carbonyl (C=O) groups is 1. The van der Waals surface area contributed by atoms with Crippen LogP contribution in [0, 0.1) is 6.92 Å². The summed E-state index contributed by atoms with van der Waals surface area (Å²) in [4.78, 5) is 11.8. The Morgan fingerprint density at radius 2 is 1.96 bits per heavy atom. The van der Waals surface area contributed by atoms with Crippen molar-refractivity contribution in [2.24, 2.45) is 5.10 Å². The Morgan fingerprint density at radius 3 is 2.64 bits per heavy atom. The molecule has 0 aliphatic rings. The quantitative estimate of drug-likeness (QED) is 0.572. The van der Waals surface area contributed by atoms with E-state index in [0.717, 1.165) is 23.3 Å². The zero-order valence-corrected chi connectivity index (χ0v) is 15.0. The maximum Gasteiger partial charge on any atom is 0.277 e. The van der Waals surface area contributed by atoms with Gasteiger partial charge in [-0.2, -0.15) is 5.10 Å². The van der Waals surface area contributed by atoms with Crippen LogP contribution >= 0.6 is 11.6 Å². The van der Waals surface area contributed by atoms with E-state index in [2.05, 4.69) is 17.5 Å². The zero-order valence-electron chi connectivity index (χ0n) is 14.3. The Bertz CT molecular complexity index is 730. The highest BCUT2D eigenvalue weighted by atomic mass is 35.5. The SMILES string of the molecule is CCCOc1ccc(/C=N/NC(=O)COc2ccc(Cl)cc2C)cc1. The van der Waals surface area contributed by atoms with Crippen molar-refractivity contribution in [2.75, 3.05) is 13.2 Å². The van der Waals surface area contributed by atoms with Crippen molar-refractivity contribution in [1.29, 1.82) is 0 Å². The Hall–Kier alpha value is -2.53. The molecule has 2 rings (SSSR count). The van der Waals surface area contributed by atoms with Gasteiger partial charge in [-0.3, -0.25) is 4.79 Å². The smallest absolute Gasteiger partial charge is 0.277 e. The summed E-state index contributed by atoms with van der Waals surface area (Å²) in [6, 6.07) is 12.7. The number of rotatable bonds is 8. The maximum atomic E-state index is 11.8. The number of hydrogen-bond donors (Lipinski definition) is 1. The maximum absolute atomic E-state index is 11.8. The summed E-state index contributed by atoms with van der Waals surface area (Å²) in [6.45, 7) is 4.49. The van der Waals surface area contributed by atoms with Crippen LogP contribution in [0.1, 0.15) is 24.5 Å². The van der Waals surface area contributed by atoms with Crippen molar-refractivity contribution in [3.05, 3.63) is 58.6 Å². The number of hydrazone groups is 1. The summed E-state index contributed by atoms with van der Waals surface area (Å²) in [5.74, 6) is 1.09. The van der Waals surface area contributed by atoms with Gasteiger partial charge in [0.2, 0.25) is 0 Å². The van der Waals surface area contributed by atoms with Gasteiger partial charge >= 0.3 is 0 Å². The Morgan fingerprint density at radius 1 is 1.20 bits per heavy atom. The average Bonchev–Trinajstić information content (AvgIpc) is 2.60. The molecule has 0 radical (unpaired) electrons. The molecule has 0 heterocycles. The molecule has 6 heteroatoms. The molecule has 0 bridgehead atoms. The van der Waals surface area contributed by atoms with E-state index >= 15 is 0 Å². The van der Waals surface area contributed by atoms with E-state index in [1.807, 2.05) is 31.2 Å². The number of ether oxygens (including phenoxy) is 2. The molecule has 0 spiro atoms. The molecule has 1 N–H and O–H groups in total. The minimum Gasteiger partial charge on any atom is -0.494 e. The van der Waals surface area contributed by atoms with E-state index in [-0.39, 0.29) is 12.5 Å². The van der Waals surface area contributed by atoms with E-state index in [0.29, 0.717) is 17.4 Å². The van der Waals surface area contributed by atoms with Crippen LogP contribution in [0.4, 0.5) is 0 Å². The molecule has 0 aliphatic carbocycles. The number of aryl methyl sites for hydroxylation is 1. The molecule has 0 fully saturated rings. The van der Waals surface area contributed by atoms with Gasteiger partial charge in [-0.05, 0) is 66.9 Å². The first-order valence-electron chi connectivity index (χ1n) is 8.02. The standard InChI is InChI=1S/C19H21ClN2O3/c1-3-10-24-17-7-4-15(5-8-17)12-21-22-19(23)13-25-18-9-6-16(20)11-14(18)2/h4-9,11-12H,3,10,13H2,1-2H3,(H,22,23)/b21-12+. The Labute approximate surface area is 152 Å². The largest absolute Gasteiger partial charge is 0.494 e. The minimum absolute atomic E-state index is 0.121. The second-order valence-electron chi connectivity index (χ2n) is 5.41. The summed E-state index contributed by atoms with van der Waals surface area (Å²) < 4.78 is 11.0. The monoisotopic (exact) mass is 360 g/mol. The Kier molecular flexibility index (Phi) is 7.29. The van der Waals surface area contributed by atoms with Crippen molar-refractivity contribution in [2.45, 2.75) is 20.3 Å². The van der Waals surface area contributed by atoms with E-state index in [9.17, 15) is 4.79 Å². The molecule has 2 aromatic carbocycles. The number of nitrogens with one attached hydrogen (secondary N) is 1. The summed E-state index contributed by atoms with van der Waals surface area (Å²) in [6.07, 6.45) is 2.53. The average molecular weight is 361 g/mol. The lowest BCUT2D eigenvalue weighted by atomic mass is 10.2. The minimum atomic E-state index is -0.339. The molecule has 0 aliphatic heterocycles. The summed E-state index contributed by atoms with van der Waals surface area (Å²) in [7, 11) is 0. The third-order valence-electron chi connectivity index (χ3n) is 3.25. The van der Waals surface area contributed by atoms with Crippen LogP contribution in [-0.4, -0.2) is 25.3 Å². The van der Waals surface area contributed by atoms with Gasteiger partial charge in [0, 0.05) is 5.02 Å². The molecule has 1 amide bonds. The molecular weight excluding hydrogens is 340 g/mol. The predicted molar refractivity (Wildman–Crippen MR) is 99.6 cm³/mol. The van der Waals surface area contributed by atoms with Crippen molar-refractivity contribution in [3.8, 4) is 11.5 Å². The Balaban J connectivity index is 1.78. The number of benzene rings is 2. The van der Waals surface area contributed by atoms with Crippen molar-refractivity contribution < 1.29 is 14.3 Å². The van der Waals surface area contributed by atoms with E-state index < -0.39 is 0 Å². The molecule has 25 heavy (non-hydrogen) atoms.